The van der Waals surface area contributed by atoms with Crippen LogP contribution in [0.3, 0.4) is 0 Å². The second-order valence-electron chi connectivity index (χ2n) is 18.9. The van der Waals surface area contributed by atoms with Crippen LogP contribution in [-0.2, 0) is 75.8 Å². The van der Waals surface area contributed by atoms with Gasteiger partial charge in [-0.1, -0.05) is 4.98 Å². The minimum Gasteiger partial charge on any atom is -0.387 e. The minimum absolute atomic E-state index is 0.0195. The van der Waals surface area contributed by atoms with Crippen molar-refractivity contribution in [2.24, 2.45) is 13.0 Å². The first-order chi connectivity index (χ1) is 39.0. The van der Waals surface area contributed by atoms with E-state index in [2.05, 4.69) is 53.8 Å². The number of carbonyl (C=O) groups excluding carboxylic acids is 1. The predicted octanol–water partition coefficient (Wildman–Crippen LogP) is -4.04. The third-order valence-electron chi connectivity index (χ3n) is 13.2. The lowest BCUT2D eigenvalue weighted by Gasteiger charge is -2.26. The van der Waals surface area contributed by atoms with Crippen molar-refractivity contribution in [1.82, 2.24) is 63.8 Å². The zero-order valence-electron chi connectivity index (χ0n) is 43.5. The van der Waals surface area contributed by atoms with Crippen LogP contribution < -0.4 is 38.2 Å². The Hall–Kier alpha value is -5.68. The number of imidazole rings is 3. The van der Waals surface area contributed by atoms with Crippen LogP contribution in [0, 0.1) is 5.92 Å². The van der Waals surface area contributed by atoms with Crippen molar-refractivity contribution in [3.05, 3.63) is 46.0 Å². The first kappa shape index (κ1) is 61.9. The third-order valence-corrected chi connectivity index (χ3v) is 18.4. The minimum atomic E-state index is -6.10. The molecule has 0 radical (unpaired) electrons. The Labute approximate surface area is 463 Å². The van der Waals surface area contributed by atoms with Crippen molar-refractivity contribution in [1.29, 1.82) is 0 Å². The molecule has 0 spiro atoms. The smallest absolute Gasteiger partial charge is 0.387 e. The fourth-order valence-electron chi connectivity index (χ4n) is 9.34. The Kier molecular flexibility index (Phi) is 17.9. The fourth-order valence-corrected chi connectivity index (χ4v) is 13.8. The Morgan fingerprint density at radius 3 is 2.12 bits per heavy atom. The number of nitrogens with one attached hydrogen (secondary N) is 3. The molecule has 41 nitrogen and oxygen atoms in total. The van der Waals surface area contributed by atoms with Crippen molar-refractivity contribution in [3.63, 3.8) is 0 Å². The largest absolute Gasteiger partial charge is 0.490 e. The van der Waals surface area contributed by atoms with Crippen LogP contribution >= 0.6 is 31.3 Å². The number of nitrogens with two attached hydrogens (primary N) is 3. The van der Waals surface area contributed by atoms with E-state index in [0.29, 0.717) is 0 Å². The number of aromatic amines is 2. The van der Waals surface area contributed by atoms with Crippen molar-refractivity contribution >= 4 is 88.4 Å². The van der Waals surface area contributed by atoms with E-state index < -0.39 is 142 Å². The van der Waals surface area contributed by atoms with Gasteiger partial charge in [0.25, 0.3) is 17.1 Å². The molecule has 83 heavy (non-hydrogen) atoms. The van der Waals surface area contributed by atoms with Crippen LogP contribution in [0.25, 0.3) is 33.5 Å². The second-order valence-corrected chi connectivity index (χ2v) is 24.9. The number of amides is 1. The van der Waals surface area contributed by atoms with Gasteiger partial charge < -0.3 is 76.4 Å². The summed E-state index contributed by atoms with van der Waals surface area (Å²) in [6.45, 7) is -1.54. The Balaban J connectivity index is 0.781. The van der Waals surface area contributed by atoms with E-state index in [1.165, 1.54) is 32.0 Å². The van der Waals surface area contributed by atoms with Gasteiger partial charge in [0.1, 0.15) is 61.3 Å². The van der Waals surface area contributed by atoms with Gasteiger partial charge in [-0.3, -0.25) is 61.0 Å². The lowest BCUT2D eigenvalue weighted by atomic mass is 9.94. The average Bonchev–Trinajstić information content (AvgIpc) is 2.40. The van der Waals surface area contributed by atoms with Gasteiger partial charge in [0.2, 0.25) is 23.6 Å². The Bertz CT molecular complexity index is 3720. The lowest BCUT2D eigenvalue weighted by molar-refractivity contribution is -0.745. The number of ether oxygens (including phenoxy) is 4. The number of rotatable bonds is 24. The molecule has 9 rings (SSSR count). The van der Waals surface area contributed by atoms with Gasteiger partial charge in [0.15, 0.2) is 41.4 Å². The molecule has 3 aliphatic heterocycles. The Morgan fingerprint density at radius 2 is 1.41 bits per heavy atom. The summed E-state index contributed by atoms with van der Waals surface area (Å²) in [5.74, 6) is -1.81. The summed E-state index contributed by atoms with van der Waals surface area (Å²) < 4.78 is 110. The number of hydrogen-bond acceptors (Lipinski definition) is 30. The molecular weight excluding hydrogens is 1200 g/mol. The molecule has 16 atom stereocenters. The molecule has 3 aliphatic rings. The fraction of sp³-hybridized carbons (Fsp3) is 0.579. The summed E-state index contributed by atoms with van der Waals surface area (Å²) in [5.41, 5.74) is 16.1. The maximum Gasteiger partial charge on any atom is 0.490 e. The van der Waals surface area contributed by atoms with Crippen LogP contribution in [0.15, 0.2) is 34.9 Å². The van der Waals surface area contributed by atoms with Gasteiger partial charge in [0, 0.05) is 32.5 Å². The number of phosphoric ester groups is 3. The number of H-pyrrole nitrogens is 2. The number of nitrogen functional groups attached to an aromatic ring is 3. The number of anilines is 3. The molecule has 0 aliphatic carbocycles. The molecule has 9 heterocycles. The molecule has 16 N–H and O–H groups in total. The highest BCUT2D eigenvalue weighted by Crippen LogP contribution is 2.68. The Morgan fingerprint density at radius 1 is 0.783 bits per heavy atom. The highest BCUT2D eigenvalue weighted by Gasteiger charge is 2.53. The van der Waals surface area contributed by atoms with Gasteiger partial charge in [-0.05, 0) is 14.0 Å². The topological polar surface area (TPSA) is 574 Å². The zero-order chi connectivity index (χ0) is 60.2. The van der Waals surface area contributed by atoms with Crippen LogP contribution in [0.1, 0.15) is 32.0 Å². The maximum absolute atomic E-state index is 13.7. The monoisotopic (exact) mass is 1260 g/mol. The van der Waals surface area contributed by atoms with Gasteiger partial charge in [0.05, 0.1) is 39.0 Å². The third kappa shape index (κ3) is 13.4. The van der Waals surface area contributed by atoms with Gasteiger partial charge in [-0.15, -0.1) is 0 Å². The number of nitrogens with zero attached hydrogens (tertiary/aromatic N) is 11. The number of aliphatic hydroxyl groups excluding tert-OH is 3. The van der Waals surface area contributed by atoms with E-state index in [1.54, 1.807) is 14.0 Å². The van der Waals surface area contributed by atoms with E-state index in [1.807, 2.05) is 0 Å². The molecule has 3 saturated heterocycles. The molecule has 0 saturated carbocycles. The molecule has 456 valence electrons. The summed E-state index contributed by atoms with van der Waals surface area (Å²) in [7, 11) is -19.1. The number of likely N-dealkylation sites (N-methyl/N-ethyl adjacent to an activating group) is 1. The van der Waals surface area contributed by atoms with Crippen LogP contribution in [-0.4, -0.2) is 195 Å². The molecular formula is C38H56N17O24P4+. The normalized spacial score (nSPS) is 28.7. The number of hydrogen-bond donors (Lipinski definition) is 13. The maximum atomic E-state index is 13.7. The molecule has 45 heteroatoms. The predicted molar refractivity (Wildman–Crippen MR) is 272 cm³/mol. The van der Waals surface area contributed by atoms with E-state index >= 15 is 0 Å². The van der Waals surface area contributed by atoms with Crippen molar-refractivity contribution in [2.75, 3.05) is 64.4 Å². The standard InChI is InChI=1S/C38H55N17O24P4/c1-15-16(23(57)34(74-15)55-13-52(3)22-31(55)48-38(41)50-33(22)61)7-19(56)42-5-6-51(2)14-73-82(66,67)79-83(68,69)78-81(64,65)72-9-18-26(27(70-4)36(76-18)53-11-45-20-28(39)43-10-44-29(20)53)77-80(62,63)71-8-17-24(58)25(59)35(75-17)54-12-46-21-30(54)47-37(40)49-32(21)60/h10-13,15-18,23-27,34-36,57-59H,5-9,14H2,1-4H3,(H12-,39,40,41,42,43,44,47,48,49,50,56,60,61,62,63,64,65,66,67,68,69)/p+1/t15-,16-,17-,18?,23-,24-,25-,26-,27-,34?,35-,36-/m1/s1. The molecule has 1 amide bonds. The first-order valence-corrected chi connectivity index (χ1v) is 30.2. The quantitative estimate of drug-likeness (QED) is 0.0156. The van der Waals surface area contributed by atoms with Crippen molar-refractivity contribution in [2.45, 2.75) is 80.9 Å². The summed E-state index contributed by atoms with van der Waals surface area (Å²) in [6, 6.07) is 0. The summed E-state index contributed by atoms with van der Waals surface area (Å²) >= 11 is 0. The van der Waals surface area contributed by atoms with Gasteiger partial charge in [-0.2, -0.15) is 13.6 Å². The van der Waals surface area contributed by atoms with Crippen LogP contribution in [0.4, 0.5) is 17.7 Å². The van der Waals surface area contributed by atoms with E-state index in [-0.39, 0.29) is 70.7 Å². The van der Waals surface area contributed by atoms with Crippen LogP contribution in [0.5, 0.6) is 0 Å². The second kappa shape index (κ2) is 24.0. The van der Waals surface area contributed by atoms with E-state index in [4.69, 9.17) is 54.2 Å². The van der Waals surface area contributed by atoms with Gasteiger partial charge >= 0.3 is 36.9 Å². The van der Waals surface area contributed by atoms with Crippen molar-refractivity contribution < 1.29 is 108 Å². The average molecular weight is 1260 g/mol. The molecule has 6 aromatic rings. The summed E-state index contributed by atoms with van der Waals surface area (Å²) in [6.07, 6.45) is -11.7. The first-order valence-electron chi connectivity index (χ1n) is 24.2. The van der Waals surface area contributed by atoms with E-state index in [0.717, 1.165) is 30.7 Å². The SMILES string of the molecule is CO[C@@H]1[C@H](OP(=O)(O)OC[C@H]2O[C@@H](n3cnc4c(=O)[nH]c(N)nc43)[C@H](O)[C@@H]2O)C(COP(=O)(O)OP(=O)(O)OP(=O)(O)OCN(C)CCNC(=O)C[C@@H]2[C@@H](C)OC([n+]3cn(C)c4c(=O)[nH]c(N)nc43)[C@@H]2O)O[C@H]1n1cnc2c(N)ncnc21. The summed E-state index contributed by atoms with van der Waals surface area (Å²) in [4.78, 5) is 110. The van der Waals surface area contributed by atoms with Gasteiger partial charge in [-0.25, -0.2) is 42.8 Å². The highest BCUT2D eigenvalue weighted by molar-refractivity contribution is 7.66. The summed E-state index contributed by atoms with van der Waals surface area (Å²) in [5, 5.41) is 35.6. The molecule has 6 unspecified atom stereocenters. The number of aromatic nitrogens is 12. The molecule has 0 aromatic carbocycles. The number of aliphatic hydroxyl groups is 3. The van der Waals surface area contributed by atoms with E-state index in [9.17, 15) is 67.5 Å². The number of fused-ring (bicyclic) bond motifs is 3. The number of aryl methyl sites for hydroxylation is 1. The highest BCUT2D eigenvalue weighted by atomic mass is 31.3. The molecule has 6 aromatic heterocycles. The zero-order valence-corrected chi connectivity index (χ0v) is 47.1. The lowest BCUT2D eigenvalue weighted by Crippen LogP contribution is -2.45. The number of carbonyl (C=O) groups is 1. The number of methoxy groups -OCH3 is 1. The number of phosphoric acid groups is 4. The van der Waals surface area contributed by atoms with Crippen LogP contribution in [0.2, 0.25) is 0 Å². The van der Waals surface area contributed by atoms with Crippen molar-refractivity contribution in [3.8, 4) is 0 Å². The molecule has 3 fully saturated rings. The molecule has 0 bridgehead atoms.